The van der Waals surface area contributed by atoms with Crippen molar-refractivity contribution in [2.45, 2.75) is 12.1 Å². The zero-order chi connectivity index (χ0) is 14.3. The number of rotatable bonds is 2. The zero-order valence-electron chi connectivity index (χ0n) is 8.09. The first-order valence-electron chi connectivity index (χ1n) is 4.13. The molecule has 0 N–H and O–H groups in total. The number of ketones is 1. The molecule has 9 heteroatoms. The van der Waals surface area contributed by atoms with E-state index in [9.17, 15) is 31.1 Å². The first-order chi connectivity index (χ1) is 8.00. The minimum atomic E-state index is -6.12. The van der Waals surface area contributed by atoms with Crippen LogP contribution in [-0.2, 0) is 0 Å². The van der Waals surface area contributed by atoms with Crippen LogP contribution in [0.15, 0.2) is 16.6 Å². The molecule has 0 aliphatic heterocycles. The lowest BCUT2D eigenvalue weighted by molar-refractivity contribution is -0.255. The molecule has 1 nitrogen and oxygen atoms in total. The van der Waals surface area contributed by atoms with Crippen LogP contribution >= 0.6 is 27.5 Å². The lowest BCUT2D eigenvalue weighted by Gasteiger charge is -2.19. The molecule has 0 saturated heterocycles. The van der Waals surface area contributed by atoms with Gasteiger partial charge in [0.05, 0.1) is 10.6 Å². The first-order valence-corrected chi connectivity index (χ1v) is 5.30. The molecule has 18 heavy (non-hydrogen) atoms. The maximum atomic E-state index is 13.2. The van der Waals surface area contributed by atoms with Crippen LogP contribution in [0.3, 0.4) is 0 Å². The SMILES string of the molecule is O=C(c1c(F)ccc(Br)c1Cl)C(F)(F)C(F)(F)F. The van der Waals surface area contributed by atoms with Crippen molar-refractivity contribution < 1.29 is 31.1 Å². The fraction of sp³-hybridized carbons (Fsp3) is 0.222. The molecule has 1 aromatic rings. The predicted molar refractivity (Wildman–Crippen MR) is 54.4 cm³/mol. The van der Waals surface area contributed by atoms with Gasteiger partial charge < -0.3 is 0 Å². The summed E-state index contributed by atoms with van der Waals surface area (Å²) in [6, 6.07) is 1.52. The van der Waals surface area contributed by atoms with Crippen molar-refractivity contribution in [1.82, 2.24) is 0 Å². The van der Waals surface area contributed by atoms with E-state index in [1.54, 1.807) is 0 Å². The van der Waals surface area contributed by atoms with Gasteiger partial charge >= 0.3 is 12.1 Å². The fourth-order valence-electron chi connectivity index (χ4n) is 1.02. The number of carbonyl (C=O) groups excluding carboxylic acids is 1. The molecule has 0 radical (unpaired) electrons. The Morgan fingerprint density at radius 1 is 1.17 bits per heavy atom. The van der Waals surface area contributed by atoms with Gasteiger partial charge in [-0.25, -0.2) is 4.39 Å². The van der Waals surface area contributed by atoms with Crippen LogP contribution in [0.5, 0.6) is 0 Å². The molecule has 100 valence electrons. The van der Waals surface area contributed by atoms with E-state index in [0.29, 0.717) is 6.07 Å². The molecule has 0 saturated carbocycles. The van der Waals surface area contributed by atoms with Gasteiger partial charge in [-0.1, -0.05) is 11.6 Å². The van der Waals surface area contributed by atoms with Crippen molar-refractivity contribution in [3.63, 3.8) is 0 Å². The Morgan fingerprint density at radius 3 is 2.11 bits per heavy atom. The average molecular weight is 355 g/mol. The molecule has 0 aliphatic rings. The summed E-state index contributed by atoms with van der Waals surface area (Å²) in [7, 11) is 0. The molecule has 0 heterocycles. The van der Waals surface area contributed by atoms with Crippen molar-refractivity contribution in [3.8, 4) is 0 Å². The van der Waals surface area contributed by atoms with E-state index in [1.165, 1.54) is 0 Å². The van der Waals surface area contributed by atoms with Crippen molar-refractivity contribution >= 4 is 33.3 Å². The topological polar surface area (TPSA) is 17.1 Å². The van der Waals surface area contributed by atoms with Crippen LogP contribution in [0, 0.1) is 5.82 Å². The molecular weight excluding hydrogens is 353 g/mol. The maximum absolute atomic E-state index is 13.2. The zero-order valence-corrected chi connectivity index (χ0v) is 10.4. The molecule has 0 unspecified atom stereocenters. The maximum Gasteiger partial charge on any atom is 0.461 e. The summed E-state index contributed by atoms with van der Waals surface area (Å²) in [6.45, 7) is 0. The summed E-state index contributed by atoms with van der Waals surface area (Å²) in [5, 5.41) is -0.844. The molecule has 0 aliphatic carbocycles. The summed E-state index contributed by atoms with van der Waals surface area (Å²) in [5.74, 6) is -10.0. The predicted octanol–water partition coefficient (Wildman–Crippen LogP) is 4.62. The van der Waals surface area contributed by atoms with Crippen molar-refractivity contribution in [2.24, 2.45) is 0 Å². The molecule has 1 rings (SSSR count). The second-order valence-corrected chi connectivity index (χ2v) is 4.35. The van der Waals surface area contributed by atoms with Gasteiger partial charge in [0.25, 0.3) is 0 Å². The summed E-state index contributed by atoms with van der Waals surface area (Å²) >= 11 is 8.03. The largest absolute Gasteiger partial charge is 0.461 e. The van der Waals surface area contributed by atoms with Crippen LogP contribution < -0.4 is 0 Å². The van der Waals surface area contributed by atoms with Gasteiger partial charge in [0.15, 0.2) is 0 Å². The Morgan fingerprint density at radius 2 is 1.67 bits per heavy atom. The Bertz CT molecular complexity index is 499. The molecule has 0 bridgehead atoms. The van der Waals surface area contributed by atoms with E-state index in [1.807, 2.05) is 0 Å². The number of hydrogen-bond acceptors (Lipinski definition) is 1. The summed E-state index contributed by atoms with van der Waals surface area (Å²) < 4.78 is 74.5. The van der Waals surface area contributed by atoms with E-state index in [-0.39, 0.29) is 4.47 Å². The number of benzene rings is 1. The van der Waals surface area contributed by atoms with Gasteiger partial charge in [-0.15, -0.1) is 0 Å². The highest BCUT2D eigenvalue weighted by molar-refractivity contribution is 9.10. The lowest BCUT2D eigenvalue weighted by Crippen LogP contribution is -2.44. The Kier molecular flexibility index (Phi) is 4.02. The van der Waals surface area contributed by atoms with E-state index >= 15 is 0 Å². The minimum absolute atomic E-state index is 0.174. The van der Waals surface area contributed by atoms with E-state index < -0.39 is 34.3 Å². The van der Waals surface area contributed by atoms with Gasteiger partial charge in [-0.05, 0) is 28.1 Å². The van der Waals surface area contributed by atoms with E-state index in [2.05, 4.69) is 15.9 Å². The standard InChI is InChI=1S/C9H2BrClF6O/c10-3-1-2-4(12)5(6(3)11)7(18)8(13,14)9(15,16)17/h1-2H. The Balaban J connectivity index is 3.41. The number of carbonyl (C=O) groups is 1. The highest BCUT2D eigenvalue weighted by atomic mass is 79.9. The highest BCUT2D eigenvalue weighted by Gasteiger charge is 2.64. The average Bonchev–Trinajstić information content (AvgIpc) is 2.22. The van der Waals surface area contributed by atoms with Gasteiger partial charge in [0.1, 0.15) is 5.82 Å². The molecule has 0 amide bonds. The summed E-state index contributed by atoms with van der Waals surface area (Å²) in [4.78, 5) is 11.1. The third kappa shape index (κ3) is 2.49. The normalized spacial score (nSPS) is 12.7. The highest BCUT2D eigenvalue weighted by Crippen LogP contribution is 2.40. The molecule has 1 aromatic carbocycles. The molecule has 0 atom stereocenters. The Hall–Kier alpha value is -0.760. The minimum Gasteiger partial charge on any atom is -0.287 e. The van der Waals surface area contributed by atoms with Gasteiger partial charge in [-0.3, -0.25) is 4.79 Å². The fourth-order valence-corrected chi connectivity index (χ4v) is 1.59. The van der Waals surface area contributed by atoms with Crippen LogP contribution in [0.2, 0.25) is 5.02 Å². The van der Waals surface area contributed by atoms with Gasteiger partial charge in [0.2, 0.25) is 5.78 Å². The number of halogens is 8. The van der Waals surface area contributed by atoms with Gasteiger partial charge in [0, 0.05) is 4.47 Å². The quantitative estimate of drug-likeness (QED) is 0.430. The summed E-state index contributed by atoms with van der Waals surface area (Å²) in [5.41, 5.74) is -1.51. The van der Waals surface area contributed by atoms with E-state index in [4.69, 9.17) is 11.6 Å². The molecule has 0 aromatic heterocycles. The first kappa shape index (κ1) is 15.3. The van der Waals surface area contributed by atoms with Crippen molar-refractivity contribution in [2.75, 3.05) is 0 Å². The Labute approximate surface area is 110 Å². The monoisotopic (exact) mass is 354 g/mol. The molecule has 0 spiro atoms. The van der Waals surface area contributed by atoms with Crippen LogP contribution in [0.1, 0.15) is 10.4 Å². The molecular formula is C9H2BrClF6O. The number of Topliss-reactive ketones (excluding diaryl/α,β-unsaturated/α-hetero) is 1. The molecule has 0 fully saturated rings. The second kappa shape index (κ2) is 4.73. The van der Waals surface area contributed by atoms with Crippen molar-refractivity contribution in [3.05, 3.63) is 33.0 Å². The van der Waals surface area contributed by atoms with Gasteiger partial charge in [-0.2, -0.15) is 22.0 Å². The number of hydrogen-bond donors (Lipinski definition) is 0. The lowest BCUT2D eigenvalue weighted by atomic mass is 10.0. The van der Waals surface area contributed by atoms with Crippen LogP contribution in [0.4, 0.5) is 26.3 Å². The van der Waals surface area contributed by atoms with Crippen molar-refractivity contribution in [1.29, 1.82) is 0 Å². The second-order valence-electron chi connectivity index (χ2n) is 3.12. The van der Waals surface area contributed by atoms with Crippen LogP contribution in [0.25, 0.3) is 0 Å². The van der Waals surface area contributed by atoms with E-state index in [0.717, 1.165) is 6.07 Å². The summed E-state index contributed by atoms with van der Waals surface area (Å²) in [6.07, 6.45) is -6.12. The number of alkyl halides is 5. The third-order valence-electron chi connectivity index (χ3n) is 1.91. The van der Waals surface area contributed by atoms with Crippen LogP contribution in [-0.4, -0.2) is 17.9 Å². The smallest absolute Gasteiger partial charge is 0.287 e. The third-order valence-corrected chi connectivity index (χ3v) is 3.19.